The quantitative estimate of drug-likeness (QED) is 0.628. The van der Waals surface area contributed by atoms with Crippen LogP contribution in [0, 0.1) is 6.92 Å². The van der Waals surface area contributed by atoms with E-state index in [9.17, 15) is 9.59 Å². The van der Waals surface area contributed by atoms with Crippen LogP contribution in [0.1, 0.15) is 33.5 Å². The number of amides is 2. The average Bonchev–Trinajstić information content (AvgIpc) is 2.69. The van der Waals surface area contributed by atoms with E-state index in [1.54, 1.807) is 17.8 Å². The molecular weight excluding hydrogens is 382 g/mol. The molecule has 0 spiro atoms. The lowest BCUT2D eigenvalue weighted by atomic mass is 10.1. The van der Waals surface area contributed by atoms with Gasteiger partial charge in [-0.2, -0.15) is 11.8 Å². The highest BCUT2D eigenvalue weighted by Crippen LogP contribution is 2.11. The Bertz CT molecular complexity index is 823. The zero-order valence-electron chi connectivity index (χ0n) is 17.7. The monoisotopic (exact) mass is 413 g/mol. The Morgan fingerprint density at radius 1 is 1.07 bits per heavy atom. The molecular formula is C23H31N3O2S. The van der Waals surface area contributed by atoms with Crippen LogP contribution in [0.4, 0.5) is 0 Å². The van der Waals surface area contributed by atoms with Gasteiger partial charge in [0.1, 0.15) is 6.04 Å². The molecule has 0 fully saturated rings. The number of benzene rings is 2. The molecule has 1 atom stereocenters. The predicted molar refractivity (Wildman–Crippen MR) is 121 cm³/mol. The fraction of sp³-hybridized carbons (Fsp3) is 0.391. The van der Waals surface area contributed by atoms with E-state index < -0.39 is 6.04 Å². The van der Waals surface area contributed by atoms with Crippen molar-refractivity contribution in [2.45, 2.75) is 32.5 Å². The molecule has 0 aliphatic carbocycles. The molecule has 156 valence electrons. The average molecular weight is 414 g/mol. The summed E-state index contributed by atoms with van der Waals surface area (Å²) in [6, 6.07) is 14.9. The van der Waals surface area contributed by atoms with Gasteiger partial charge in [0.2, 0.25) is 5.91 Å². The van der Waals surface area contributed by atoms with E-state index in [1.165, 1.54) is 5.56 Å². The van der Waals surface area contributed by atoms with E-state index in [1.807, 2.05) is 63.7 Å². The van der Waals surface area contributed by atoms with E-state index >= 15 is 0 Å². The largest absolute Gasteiger partial charge is 0.350 e. The summed E-state index contributed by atoms with van der Waals surface area (Å²) in [5.41, 5.74) is 3.86. The van der Waals surface area contributed by atoms with E-state index in [-0.39, 0.29) is 11.8 Å². The van der Waals surface area contributed by atoms with Crippen LogP contribution in [-0.2, 0) is 17.9 Å². The standard InChI is InChI=1S/C23H31N3O2S/c1-17-8-7-11-18(14-17)22(27)25-21(12-13-29-4)23(28)24-15-19-9-5-6-10-20(19)16-26(2)3/h5-11,14,21H,12-13,15-16H2,1-4H3,(H,24,28)(H,25,27). The summed E-state index contributed by atoms with van der Waals surface area (Å²) in [7, 11) is 4.04. The van der Waals surface area contributed by atoms with Gasteiger partial charge in [-0.3, -0.25) is 9.59 Å². The zero-order chi connectivity index (χ0) is 21.2. The molecule has 6 heteroatoms. The lowest BCUT2D eigenvalue weighted by Crippen LogP contribution is -2.47. The van der Waals surface area contributed by atoms with Crippen LogP contribution < -0.4 is 10.6 Å². The maximum Gasteiger partial charge on any atom is 0.251 e. The van der Waals surface area contributed by atoms with Gasteiger partial charge in [-0.1, -0.05) is 42.0 Å². The maximum absolute atomic E-state index is 12.8. The molecule has 2 N–H and O–H groups in total. The van der Waals surface area contributed by atoms with Crippen molar-refractivity contribution in [2.75, 3.05) is 26.1 Å². The molecule has 2 amide bonds. The third-order valence-corrected chi connectivity index (χ3v) is 5.21. The molecule has 2 aromatic carbocycles. The molecule has 0 heterocycles. The van der Waals surface area contributed by atoms with E-state index in [0.29, 0.717) is 18.5 Å². The first-order chi connectivity index (χ1) is 13.9. The van der Waals surface area contributed by atoms with Gasteiger partial charge in [0.05, 0.1) is 0 Å². The van der Waals surface area contributed by atoms with Crippen molar-refractivity contribution in [3.63, 3.8) is 0 Å². The van der Waals surface area contributed by atoms with Crippen molar-refractivity contribution < 1.29 is 9.59 Å². The van der Waals surface area contributed by atoms with Gasteiger partial charge < -0.3 is 15.5 Å². The lowest BCUT2D eigenvalue weighted by Gasteiger charge is -2.19. The number of nitrogens with one attached hydrogen (secondary N) is 2. The Morgan fingerprint density at radius 3 is 2.45 bits per heavy atom. The summed E-state index contributed by atoms with van der Waals surface area (Å²) < 4.78 is 0. The molecule has 2 aromatic rings. The highest BCUT2D eigenvalue weighted by atomic mass is 32.2. The van der Waals surface area contributed by atoms with Crippen molar-refractivity contribution >= 4 is 23.6 Å². The molecule has 1 unspecified atom stereocenters. The van der Waals surface area contributed by atoms with E-state index in [4.69, 9.17) is 0 Å². The van der Waals surface area contributed by atoms with Gasteiger partial charge >= 0.3 is 0 Å². The second-order valence-corrected chi connectivity index (χ2v) is 8.39. The third-order valence-electron chi connectivity index (χ3n) is 4.57. The summed E-state index contributed by atoms with van der Waals surface area (Å²) in [5, 5.41) is 5.91. The first kappa shape index (κ1) is 23.0. The molecule has 0 aliphatic heterocycles. The molecule has 0 saturated heterocycles. The smallest absolute Gasteiger partial charge is 0.251 e. The zero-order valence-corrected chi connectivity index (χ0v) is 18.5. The summed E-state index contributed by atoms with van der Waals surface area (Å²) >= 11 is 1.66. The van der Waals surface area contributed by atoms with E-state index in [2.05, 4.69) is 21.6 Å². The highest BCUT2D eigenvalue weighted by Gasteiger charge is 2.21. The van der Waals surface area contributed by atoms with Crippen molar-refractivity contribution in [3.05, 3.63) is 70.8 Å². The van der Waals surface area contributed by atoms with Gasteiger partial charge in [0, 0.05) is 18.7 Å². The highest BCUT2D eigenvalue weighted by molar-refractivity contribution is 7.98. The Morgan fingerprint density at radius 2 is 1.79 bits per heavy atom. The second-order valence-electron chi connectivity index (χ2n) is 7.40. The number of nitrogens with zero attached hydrogens (tertiary/aromatic N) is 1. The van der Waals surface area contributed by atoms with Crippen LogP contribution in [-0.4, -0.2) is 48.9 Å². The molecule has 0 aromatic heterocycles. The van der Waals surface area contributed by atoms with Gasteiger partial charge in [0.25, 0.3) is 5.91 Å². The number of rotatable bonds is 10. The topological polar surface area (TPSA) is 61.4 Å². The minimum atomic E-state index is -0.559. The number of carbonyl (C=O) groups excluding carboxylic acids is 2. The summed E-state index contributed by atoms with van der Waals surface area (Å²) in [6.07, 6.45) is 2.58. The predicted octanol–water partition coefficient (Wildman–Crippen LogP) is 3.22. The lowest BCUT2D eigenvalue weighted by molar-refractivity contribution is -0.123. The van der Waals surface area contributed by atoms with Crippen molar-refractivity contribution in [1.82, 2.24) is 15.5 Å². The van der Waals surface area contributed by atoms with Crippen LogP contribution in [0.2, 0.25) is 0 Å². The van der Waals surface area contributed by atoms with Crippen molar-refractivity contribution in [1.29, 1.82) is 0 Å². The molecule has 0 bridgehead atoms. The number of aryl methyl sites for hydroxylation is 1. The first-order valence-corrected chi connectivity index (χ1v) is 11.2. The number of carbonyl (C=O) groups is 2. The molecule has 5 nitrogen and oxygen atoms in total. The number of hydrogen-bond acceptors (Lipinski definition) is 4. The van der Waals surface area contributed by atoms with Gasteiger partial charge in [-0.25, -0.2) is 0 Å². The van der Waals surface area contributed by atoms with Crippen LogP contribution in [0.15, 0.2) is 48.5 Å². The Balaban J connectivity index is 2.04. The first-order valence-electron chi connectivity index (χ1n) is 9.76. The normalized spacial score (nSPS) is 11.9. The van der Waals surface area contributed by atoms with Gasteiger partial charge in [0.15, 0.2) is 0 Å². The maximum atomic E-state index is 12.8. The fourth-order valence-corrected chi connectivity index (χ4v) is 3.53. The summed E-state index contributed by atoms with van der Waals surface area (Å²) in [4.78, 5) is 27.6. The Labute approximate surface area is 178 Å². The second kappa shape index (κ2) is 11.6. The fourth-order valence-electron chi connectivity index (χ4n) is 3.06. The Hall–Kier alpha value is -2.31. The third kappa shape index (κ3) is 7.55. The molecule has 0 radical (unpaired) electrons. The van der Waals surface area contributed by atoms with Crippen molar-refractivity contribution in [2.24, 2.45) is 0 Å². The molecule has 0 aliphatic rings. The van der Waals surface area contributed by atoms with Crippen LogP contribution >= 0.6 is 11.8 Å². The summed E-state index contributed by atoms with van der Waals surface area (Å²) in [6.45, 7) is 3.20. The van der Waals surface area contributed by atoms with Crippen LogP contribution in [0.3, 0.4) is 0 Å². The molecule has 0 saturated carbocycles. The minimum absolute atomic E-state index is 0.153. The summed E-state index contributed by atoms with van der Waals surface area (Å²) in [5.74, 6) is 0.423. The van der Waals surface area contributed by atoms with Gasteiger partial charge in [-0.05, 0) is 62.7 Å². The number of thioether (sulfide) groups is 1. The van der Waals surface area contributed by atoms with Crippen LogP contribution in [0.5, 0.6) is 0 Å². The van der Waals surface area contributed by atoms with Gasteiger partial charge in [-0.15, -0.1) is 0 Å². The number of hydrogen-bond donors (Lipinski definition) is 2. The Kier molecular flexibility index (Phi) is 9.22. The molecule has 29 heavy (non-hydrogen) atoms. The SMILES string of the molecule is CSCCC(NC(=O)c1cccc(C)c1)C(=O)NCc1ccccc1CN(C)C. The minimum Gasteiger partial charge on any atom is -0.350 e. The van der Waals surface area contributed by atoms with Crippen LogP contribution in [0.25, 0.3) is 0 Å². The van der Waals surface area contributed by atoms with E-state index in [0.717, 1.165) is 23.4 Å². The van der Waals surface area contributed by atoms with Crippen molar-refractivity contribution in [3.8, 4) is 0 Å². The molecule has 2 rings (SSSR count).